The monoisotopic (exact) mass is 272 g/mol. The molecule has 96 valence electrons. The maximum absolute atomic E-state index is 12.3. The van der Waals surface area contributed by atoms with E-state index < -0.39 is 0 Å². The van der Waals surface area contributed by atoms with Crippen LogP contribution in [-0.2, 0) is 6.54 Å². The van der Waals surface area contributed by atoms with Crippen LogP contribution in [0.15, 0.2) is 36.1 Å². The number of carbonyl (C=O) groups excluding carboxylic acids is 1. The molecule has 0 atom stereocenters. The van der Waals surface area contributed by atoms with Gasteiger partial charge in [-0.15, -0.1) is 11.3 Å². The molecule has 0 spiro atoms. The first-order chi connectivity index (χ1) is 9.24. The highest BCUT2D eigenvalue weighted by molar-refractivity contribution is 7.09. The normalized spacial score (nSPS) is 10.8. The Hall–Kier alpha value is -2.21. The summed E-state index contributed by atoms with van der Waals surface area (Å²) >= 11 is 1.55. The molecule has 5 nitrogen and oxygen atoms in total. The Morgan fingerprint density at radius 3 is 3.11 bits per heavy atom. The summed E-state index contributed by atoms with van der Waals surface area (Å²) in [4.78, 5) is 25.3. The Morgan fingerprint density at radius 2 is 2.32 bits per heavy atom. The number of thiazole rings is 1. The number of amides is 1. The molecule has 6 heteroatoms. The minimum Gasteiger partial charge on any atom is -0.345 e. The summed E-state index contributed by atoms with van der Waals surface area (Å²) in [7, 11) is 1.78. The highest BCUT2D eigenvalue weighted by atomic mass is 32.1. The van der Waals surface area contributed by atoms with E-state index in [1.54, 1.807) is 41.9 Å². The first kappa shape index (κ1) is 11.9. The van der Waals surface area contributed by atoms with E-state index in [0.717, 1.165) is 16.0 Å². The van der Waals surface area contributed by atoms with Crippen molar-refractivity contribution in [1.29, 1.82) is 0 Å². The fourth-order valence-corrected chi connectivity index (χ4v) is 2.56. The Kier molecular flexibility index (Phi) is 3.00. The summed E-state index contributed by atoms with van der Waals surface area (Å²) in [6, 6.07) is 5.46. The van der Waals surface area contributed by atoms with Crippen molar-refractivity contribution in [2.24, 2.45) is 0 Å². The second-order valence-corrected chi connectivity index (χ2v) is 5.20. The average Bonchev–Trinajstić information content (AvgIpc) is 3.07. The number of aromatic nitrogens is 3. The van der Waals surface area contributed by atoms with Gasteiger partial charge in [0.2, 0.25) is 0 Å². The molecule has 0 unspecified atom stereocenters. The third-order valence-corrected chi connectivity index (χ3v) is 3.63. The topological polar surface area (TPSA) is 61.9 Å². The Morgan fingerprint density at radius 1 is 1.42 bits per heavy atom. The average molecular weight is 272 g/mol. The Balaban J connectivity index is 1.82. The number of rotatable bonds is 3. The molecule has 0 bridgehead atoms. The Bertz CT molecular complexity index is 704. The van der Waals surface area contributed by atoms with Crippen LogP contribution in [0.2, 0.25) is 0 Å². The van der Waals surface area contributed by atoms with Gasteiger partial charge in [-0.25, -0.2) is 9.97 Å². The number of nitrogens with one attached hydrogen (secondary N) is 1. The zero-order chi connectivity index (χ0) is 13.2. The Labute approximate surface area is 113 Å². The minimum absolute atomic E-state index is 0.0216. The molecule has 2 aromatic heterocycles. The summed E-state index contributed by atoms with van der Waals surface area (Å²) < 4.78 is 0. The van der Waals surface area contributed by atoms with E-state index in [0.29, 0.717) is 12.1 Å². The van der Waals surface area contributed by atoms with E-state index in [1.165, 1.54) is 0 Å². The number of benzene rings is 1. The number of hydrogen-bond donors (Lipinski definition) is 1. The van der Waals surface area contributed by atoms with Crippen LogP contribution in [0.4, 0.5) is 0 Å². The van der Waals surface area contributed by atoms with Crippen LogP contribution >= 0.6 is 11.3 Å². The summed E-state index contributed by atoms with van der Waals surface area (Å²) in [5.41, 5.74) is 2.38. The maximum Gasteiger partial charge on any atom is 0.254 e. The second kappa shape index (κ2) is 4.81. The molecule has 0 saturated carbocycles. The van der Waals surface area contributed by atoms with Crippen molar-refractivity contribution in [3.05, 3.63) is 46.7 Å². The van der Waals surface area contributed by atoms with Crippen LogP contribution in [0.25, 0.3) is 11.0 Å². The van der Waals surface area contributed by atoms with Crippen LogP contribution in [-0.4, -0.2) is 32.8 Å². The zero-order valence-electron chi connectivity index (χ0n) is 10.3. The number of H-pyrrole nitrogens is 1. The minimum atomic E-state index is -0.0216. The molecule has 3 rings (SSSR count). The highest BCUT2D eigenvalue weighted by Crippen LogP contribution is 2.14. The first-order valence-electron chi connectivity index (χ1n) is 5.81. The molecule has 0 radical (unpaired) electrons. The van der Waals surface area contributed by atoms with Gasteiger partial charge in [-0.1, -0.05) is 0 Å². The summed E-state index contributed by atoms with van der Waals surface area (Å²) in [5, 5.41) is 2.84. The summed E-state index contributed by atoms with van der Waals surface area (Å²) in [6.07, 6.45) is 3.37. The van der Waals surface area contributed by atoms with Gasteiger partial charge in [0, 0.05) is 24.2 Å². The van der Waals surface area contributed by atoms with E-state index in [2.05, 4.69) is 15.0 Å². The molecule has 2 heterocycles. The number of imidazole rings is 1. The molecule has 0 aliphatic rings. The standard InChI is InChI=1S/C13H12N4OS/c1-17(7-12-14-4-5-19-12)13(18)9-2-3-10-11(6-9)16-8-15-10/h2-6,8H,7H2,1H3,(H,15,16). The molecule has 0 aliphatic carbocycles. The van der Waals surface area contributed by atoms with Crippen LogP contribution < -0.4 is 0 Å². The lowest BCUT2D eigenvalue weighted by atomic mass is 10.2. The number of aromatic amines is 1. The van der Waals surface area contributed by atoms with Crippen LogP contribution in [0.1, 0.15) is 15.4 Å². The van der Waals surface area contributed by atoms with Crippen LogP contribution in [0.3, 0.4) is 0 Å². The zero-order valence-corrected chi connectivity index (χ0v) is 11.1. The second-order valence-electron chi connectivity index (χ2n) is 4.22. The van der Waals surface area contributed by atoms with Crippen molar-refractivity contribution >= 4 is 28.3 Å². The molecular weight excluding hydrogens is 260 g/mol. The van der Waals surface area contributed by atoms with Gasteiger partial charge in [-0.3, -0.25) is 4.79 Å². The smallest absolute Gasteiger partial charge is 0.254 e. The molecule has 1 aromatic carbocycles. The van der Waals surface area contributed by atoms with Gasteiger partial charge < -0.3 is 9.88 Å². The molecule has 3 aromatic rings. The molecule has 1 N–H and O–H groups in total. The molecule has 1 amide bonds. The van der Waals surface area contributed by atoms with Gasteiger partial charge >= 0.3 is 0 Å². The summed E-state index contributed by atoms with van der Waals surface area (Å²) in [6.45, 7) is 0.525. The van der Waals surface area contributed by atoms with Crippen molar-refractivity contribution in [2.45, 2.75) is 6.54 Å². The van der Waals surface area contributed by atoms with E-state index >= 15 is 0 Å². The van der Waals surface area contributed by atoms with E-state index in [4.69, 9.17) is 0 Å². The van der Waals surface area contributed by atoms with E-state index in [-0.39, 0.29) is 5.91 Å². The van der Waals surface area contributed by atoms with Gasteiger partial charge in [-0.2, -0.15) is 0 Å². The third-order valence-electron chi connectivity index (χ3n) is 2.87. The number of carbonyl (C=O) groups is 1. The van der Waals surface area contributed by atoms with Gasteiger partial charge in [0.1, 0.15) is 5.01 Å². The number of nitrogens with zero attached hydrogens (tertiary/aromatic N) is 3. The fraction of sp³-hybridized carbons (Fsp3) is 0.154. The number of fused-ring (bicyclic) bond motifs is 1. The first-order valence-corrected chi connectivity index (χ1v) is 6.69. The van der Waals surface area contributed by atoms with Crippen molar-refractivity contribution in [1.82, 2.24) is 19.9 Å². The maximum atomic E-state index is 12.3. The lowest BCUT2D eigenvalue weighted by molar-refractivity contribution is 0.0785. The number of hydrogen-bond acceptors (Lipinski definition) is 4. The SMILES string of the molecule is CN(Cc1nccs1)C(=O)c1ccc2nc[nH]c2c1. The van der Waals surface area contributed by atoms with Gasteiger partial charge in [-0.05, 0) is 18.2 Å². The molecule has 0 saturated heterocycles. The highest BCUT2D eigenvalue weighted by Gasteiger charge is 2.13. The van der Waals surface area contributed by atoms with Crippen molar-refractivity contribution in [3.8, 4) is 0 Å². The molecule has 19 heavy (non-hydrogen) atoms. The lowest BCUT2D eigenvalue weighted by Crippen LogP contribution is -2.26. The molecule has 0 aliphatic heterocycles. The largest absolute Gasteiger partial charge is 0.345 e. The fourth-order valence-electron chi connectivity index (χ4n) is 1.89. The third kappa shape index (κ3) is 2.34. The molecular formula is C13H12N4OS. The quantitative estimate of drug-likeness (QED) is 0.795. The summed E-state index contributed by atoms with van der Waals surface area (Å²) in [5.74, 6) is -0.0216. The van der Waals surface area contributed by atoms with Gasteiger partial charge in [0.15, 0.2) is 0 Å². The van der Waals surface area contributed by atoms with Crippen LogP contribution in [0, 0.1) is 0 Å². The van der Waals surface area contributed by atoms with Gasteiger partial charge in [0.25, 0.3) is 5.91 Å². The van der Waals surface area contributed by atoms with Crippen molar-refractivity contribution in [2.75, 3.05) is 7.05 Å². The lowest BCUT2D eigenvalue weighted by Gasteiger charge is -2.15. The van der Waals surface area contributed by atoms with Gasteiger partial charge in [0.05, 0.1) is 23.9 Å². The van der Waals surface area contributed by atoms with E-state index in [9.17, 15) is 4.79 Å². The van der Waals surface area contributed by atoms with Crippen LogP contribution in [0.5, 0.6) is 0 Å². The van der Waals surface area contributed by atoms with Crippen molar-refractivity contribution in [3.63, 3.8) is 0 Å². The predicted octanol–water partition coefficient (Wildman–Crippen LogP) is 2.29. The van der Waals surface area contributed by atoms with Crippen molar-refractivity contribution < 1.29 is 4.79 Å². The molecule has 0 fully saturated rings. The predicted molar refractivity (Wildman–Crippen MR) is 74.0 cm³/mol. The van der Waals surface area contributed by atoms with E-state index in [1.807, 2.05) is 17.5 Å².